The highest BCUT2D eigenvalue weighted by Gasteiger charge is 2.75. The van der Waals surface area contributed by atoms with Gasteiger partial charge in [0.25, 0.3) is 5.91 Å². The molecule has 1 saturated carbocycles. The summed E-state index contributed by atoms with van der Waals surface area (Å²) >= 11 is 0. The van der Waals surface area contributed by atoms with Gasteiger partial charge in [-0.25, -0.2) is 0 Å². The van der Waals surface area contributed by atoms with Crippen molar-refractivity contribution in [2.24, 2.45) is 10.8 Å². The van der Waals surface area contributed by atoms with Crippen LogP contribution in [0.5, 0.6) is 0 Å². The number of nitrogens with zero attached hydrogens (tertiary/aromatic N) is 1. The van der Waals surface area contributed by atoms with Crippen LogP contribution in [0, 0.1) is 17.8 Å². The third kappa shape index (κ3) is 1.86. The Balaban J connectivity index is 1.76. The molecule has 1 aromatic carbocycles. The minimum atomic E-state index is -1.11. The first-order valence-corrected chi connectivity index (χ1v) is 8.63. The van der Waals surface area contributed by atoms with Crippen LogP contribution in [-0.4, -0.2) is 22.5 Å². The van der Waals surface area contributed by atoms with Crippen molar-refractivity contribution in [3.8, 4) is 0 Å². The van der Waals surface area contributed by atoms with Gasteiger partial charge in [-0.05, 0) is 38.8 Å². The molecule has 2 bridgehead atoms. The molecule has 2 atom stereocenters. The summed E-state index contributed by atoms with van der Waals surface area (Å²) in [5.74, 6) is -0.516. The van der Waals surface area contributed by atoms with Crippen molar-refractivity contribution in [2.75, 3.05) is 5.32 Å². The Morgan fingerprint density at radius 1 is 1.20 bits per heavy atom. The summed E-state index contributed by atoms with van der Waals surface area (Å²) in [6.07, 6.45) is 1.22. The zero-order chi connectivity index (χ0) is 18.0. The van der Waals surface area contributed by atoms with Gasteiger partial charge in [0.05, 0.1) is 16.6 Å². The number of esters is 1. The second-order valence-corrected chi connectivity index (χ2v) is 7.96. The van der Waals surface area contributed by atoms with Crippen LogP contribution in [0.15, 0.2) is 30.3 Å². The van der Waals surface area contributed by atoms with E-state index in [0.29, 0.717) is 18.5 Å². The van der Waals surface area contributed by atoms with E-state index in [1.165, 1.54) is 0 Å². The van der Waals surface area contributed by atoms with Crippen molar-refractivity contribution >= 4 is 28.5 Å². The molecular weight excluding hydrogens is 316 g/mol. The maximum atomic E-state index is 13.2. The molecule has 2 aliphatic rings. The maximum absolute atomic E-state index is 13.2. The Morgan fingerprint density at radius 3 is 2.56 bits per heavy atom. The van der Waals surface area contributed by atoms with Crippen LogP contribution in [0.2, 0.25) is 0 Å². The zero-order valence-electron chi connectivity index (χ0n) is 15.0. The second kappa shape index (κ2) is 4.81. The summed E-state index contributed by atoms with van der Waals surface area (Å²) in [5, 5.41) is 3.90. The summed E-state index contributed by atoms with van der Waals surface area (Å²) in [7, 11) is 0. The average Bonchev–Trinajstić information content (AvgIpc) is 2.85. The number of amides is 1. The molecule has 2 aromatic rings. The highest BCUT2D eigenvalue weighted by molar-refractivity contribution is 6.07. The second-order valence-electron chi connectivity index (χ2n) is 7.96. The van der Waals surface area contributed by atoms with Crippen LogP contribution in [0.25, 0.3) is 10.9 Å². The Labute approximate surface area is 146 Å². The number of pyridine rings is 1. The van der Waals surface area contributed by atoms with Gasteiger partial charge in [-0.2, -0.15) is 0 Å². The maximum Gasteiger partial charge on any atom is 0.313 e. The standard InChI is InChI=1S/C20H22N2O3/c1-12-11-15(13-7-5-6-8-14(13)21-12)22-16(23)20-10-9-19(4,17(24)25-20)18(20,2)3/h5-8,11H,9-10H2,1-4H3,(H,21,22,23)/t19-,20-/m0/s1. The molecule has 1 saturated heterocycles. The Hall–Kier alpha value is -2.43. The minimum Gasteiger partial charge on any atom is -0.448 e. The van der Waals surface area contributed by atoms with E-state index in [4.69, 9.17) is 4.74 Å². The highest BCUT2D eigenvalue weighted by Crippen LogP contribution is 2.65. The summed E-state index contributed by atoms with van der Waals surface area (Å²) in [4.78, 5) is 30.1. The smallest absolute Gasteiger partial charge is 0.313 e. The van der Waals surface area contributed by atoms with Crippen molar-refractivity contribution in [2.45, 2.75) is 46.1 Å². The van der Waals surface area contributed by atoms with E-state index in [0.717, 1.165) is 16.6 Å². The number of aryl methyl sites for hydroxylation is 1. The lowest BCUT2D eigenvalue weighted by atomic mass is 9.66. The van der Waals surface area contributed by atoms with Gasteiger partial charge >= 0.3 is 5.97 Å². The summed E-state index contributed by atoms with van der Waals surface area (Å²) in [6.45, 7) is 7.72. The predicted molar refractivity (Wildman–Crippen MR) is 95.1 cm³/mol. The molecule has 1 amide bonds. The third-order valence-corrected chi connectivity index (χ3v) is 6.54. The molecule has 0 unspecified atom stereocenters. The molecule has 2 heterocycles. The SMILES string of the molecule is Cc1cc(NC(=O)[C@]23CC[C@@](C)(C(=O)O2)C3(C)C)c2ccccc2n1. The minimum absolute atomic E-state index is 0.247. The monoisotopic (exact) mass is 338 g/mol. The third-order valence-electron chi connectivity index (χ3n) is 6.54. The molecule has 2 fully saturated rings. The van der Waals surface area contributed by atoms with E-state index in [1.807, 2.05) is 58.0 Å². The van der Waals surface area contributed by atoms with Gasteiger partial charge in [0.1, 0.15) is 0 Å². The van der Waals surface area contributed by atoms with Crippen LogP contribution >= 0.6 is 0 Å². The number of benzene rings is 1. The number of para-hydroxylation sites is 1. The van der Waals surface area contributed by atoms with E-state index < -0.39 is 16.4 Å². The topological polar surface area (TPSA) is 68.3 Å². The zero-order valence-corrected chi connectivity index (χ0v) is 15.0. The molecular formula is C20H22N2O3. The highest BCUT2D eigenvalue weighted by atomic mass is 16.6. The van der Waals surface area contributed by atoms with E-state index in [-0.39, 0.29) is 11.9 Å². The lowest BCUT2D eigenvalue weighted by molar-refractivity contribution is -0.165. The summed E-state index contributed by atoms with van der Waals surface area (Å²) < 4.78 is 5.68. The Bertz CT molecular complexity index is 920. The number of fused-ring (bicyclic) bond motifs is 3. The molecule has 130 valence electrons. The van der Waals surface area contributed by atoms with Crippen molar-refractivity contribution in [1.29, 1.82) is 0 Å². The van der Waals surface area contributed by atoms with Gasteiger partial charge in [-0.3, -0.25) is 14.6 Å². The van der Waals surface area contributed by atoms with Crippen LogP contribution in [0.4, 0.5) is 5.69 Å². The molecule has 0 spiro atoms. The number of rotatable bonds is 2. The number of carbonyl (C=O) groups is 2. The number of anilines is 1. The van der Waals surface area contributed by atoms with Crippen molar-refractivity contribution in [3.63, 3.8) is 0 Å². The van der Waals surface area contributed by atoms with Gasteiger partial charge in [0.15, 0.2) is 5.60 Å². The van der Waals surface area contributed by atoms with E-state index in [2.05, 4.69) is 10.3 Å². The first-order chi connectivity index (χ1) is 11.7. The number of ether oxygens (including phenoxy) is 1. The normalized spacial score (nSPS) is 29.7. The summed E-state index contributed by atoms with van der Waals surface area (Å²) in [6, 6.07) is 9.54. The predicted octanol–water partition coefficient (Wildman–Crippen LogP) is 3.60. The van der Waals surface area contributed by atoms with E-state index in [9.17, 15) is 9.59 Å². The number of hydrogen-bond donors (Lipinski definition) is 1. The van der Waals surface area contributed by atoms with Crippen LogP contribution in [0.3, 0.4) is 0 Å². The Morgan fingerprint density at radius 2 is 1.92 bits per heavy atom. The first kappa shape index (κ1) is 16.1. The molecule has 1 aliphatic carbocycles. The van der Waals surface area contributed by atoms with Crippen LogP contribution in [0.1, 0.15) is 39.3 Å². The number of hydrogen-bond acceptors (Lipinski definition) is 4. The molecule has 1 aliphatic heterocycles. The molecule has 5 nitrogen and oxygen atoms in total. The summed E-state index contributed by atoms with van der Waals surface area (Å²) in [5.41, 5.74) is 0.0750. The van der Waals surface area contributed by atoms with Crippen molar-refractivity contribution in [3.05, 3.63) is 36.0 Å². The van der Waals surface area contributed by atoms with Gasteiger partial charge in [0.2, 0.25) is 0 Å². The largest absolute Gasteiger partial charge is 0.448 e. The first-order valence-electron chi connectivity index (χ1n) is 8.63. The lowest BCUT2D eigenvalue weighted by Gasteiger charge is -2.35. The fourth-order valence-electron chi connectivity index (χ4n) is 4.38. The molecule has 25 heavy (non-hydrogen) atoms. The fourth-order valence-corrected chi connectivity index (χ4v) is 4.38. The molecule has 4 rings (SSSR count). The number of aromatic nitrogens is 1. The van der Waals surface area contributed by atoms with Crippen LogP contribution in [-0.2, 0) is 14.3 Å². The number of nitrogens with one attached hydrogen (secondary N) is 1. The Kier molecular flexibility index (Phi) is 3.09. The van der Waals surface area contributed by atoms with Gasteiger partial charge in [-0.1, -0.05) is 32.0 Å². The molecule has 0 radical (unpaired) electrons. The van der Waals surface area contributed by atoms with Gasteiger partial charge < -0.3 is 10.1 Å². The number of carbonyl (C=O) groups excluding carboxylic acids is 2. The fraction of sp³-hybridized carbons (Fsp3) is 0.450. The van der Waals surface area contributed by atoms with E-state index >= 15 is 0 Å². The molecule has 1 aromatic heterocycles. The molecule has 5 heteroatoms. The molecule has 1 N–H and O–H groups in total. The average molecular weight is 338 g/mol. The quantitative estimate of drug-likeness (QED) is 0.850. The van der Waals surface area contributed by atoms with Crippen molar-refractivity contribution < 1.29 is 14.3 Å². The van der Waals surface area contributed by atoms with E-state index in [1.54, 1.807) is 0 Å². The van der Waals surface area contributed by atoms with Crippen LogP contribution < -0.4 is 5.32 Å². The van der Waals surface area contributed by atoms with Gasteiger partial charge in [0, 0.05) is 16.5 Å². The van der Waals surface area contributed by atoms with Crippen molar-refractivity contribution in [1.82, 2.24) is 4.98 Å². The lowest BCUT2D eigenvalue weighted by Crippen LogP contribution is -2.50. The van der Waals surface area contributed by atoms with Gasteiger partial charge in [-0.15, -0.1) is 0 Å².